The lowest BCUT2D eigenvalue weighted by atomic mass is 10.2. The average Bonchev–Trinajstić information content (AvgIpc) is 2.98. The first kappa shape index (κ1) is 23.2. The second-order valence-electron chi connectivity index (χ2n) is 6.82. The molecule has 0 spiro atoms. The molecule has 8 nitrogen and oxygen atoms in total. The first-order chi connectivity index (χ1) is 13.4. The molecule has 11 heteroatoms. The summed E-state index contributed by atoms with van der Waals surface area (Å²) in [4.78, 5) is 24.6. The second kappa shape index (κ2) is 9.14. The number of anilines is 1. The van der Waals surface area contributed by atoms with E-state index in [-0.39, 0.29) is 5.69 Å². The fraction of sp³-hybridized carbons (Fsp3) is 0.333. The summed E-state index contributed by atoms with van der Waals surface area (Å²) >= 11 is 4.70. The van der Waals surface area contributed by atoms with E-state index in [1.54, 1.807) is 26.2 Å². The van der Waals surface area contributed by atoms with Gasteiger partial charge in [0.25, 0.3) is 0 Å². The first-order valence-corrected chi connectivity index (χ1v) is 11.5. The maximum Gasteiger partial charge on any atom is 0.422 e. The van der Waals surface area contributed by atoms with Gasteiger partial charge >= 0.3 is 22.3 Å². The Bertz CT molecular complexity index is 984. The molecule has 1 N–H and O–H groups in total. The summed E-state index contributed by atoms with van der Waals surface area (Å²) in [6, 6.07) is 9.32. The second-order valence-corrected chi connectivity index (χ2v) is 10.1. The Labute approximate surface area is 182 Å². The lowest BCUT2D eigenvalue weighted by Gasteiger charge is -2.24. The minimum absolute atomic E-state index is 0.190. The van der Waals surface area contributed by atoms with E-state index in [9.17, 15) is 18.0 Å². The number of amides is 1. The van der Waals surface area contributed by atoms with E-state index in [4.69, 9.17) is 4.74 Å². The molecule has 2 rings (SSSR count). The fourth-order valence-electron chi connectivity index (χ4n) is 2.23. The van der Waals surface area contributed by atoms with Crippen LogP contribution in [0.25, 0.3) is 10.4 Å². The van der Waals surface area contributed by atoms with Crippen molar-refractivity contribution in [3.8, 4) is 10.4 Å². The molecule has 1 aromatic carbocycles. The van der Waals surface area contributed by atoms with Crippen molar-refractivity contribution in [1.29, 1.82) is 0 Å². The van der Waals surface area contributed by atoms with Crippen LogP contribution >= 0.6 is 27.3 Å². The third-order valence-corrected chi connectivity index (χ3v) is 6.83. The van der Waals surface area contributed by atoms with Crippen molar-refractivity contribution < 1.29 is 27.5 Å². The molecule has 0 aliphatic rings. The van der Waals surface area contributed by atoms with Crippen LogP contribution in [-0.4, -0.2) is 39.7 Å². The molecule has 29 heavy (non-hydrogen) atoms. The number of nitrogens with one attached hydrogen (secondary N) is 1. The summed E-state index contributed by atoms with van der Waals surface area (Å²) < 4.78 is 38.4. The van der Waals surface area contributed by atoms with Gasteiger partial charge in [0.05, 0.1) is 22.1 Å². The highest BCUT2D eigenvalue weighted by atomic mass is 79.9. The van der Waals surface area contributed by atoms with Crippen LogP contribution in [0.3, 0.4) is 0 Å². The zero-order valence-electron chi connectivity index (χ0n) is 16.3. The van der Waals surface area contributed by atoms with Crippen molar-refractivity contribution in [3.63, 3.8) is 0 Å². The van der Waals surface area contributed by atoms with E-state index >= 15 is 0 Å². The predicted octanol–water partition coefficient (Wildman–Crippen LogP) is 3.93. The van der Waals surface area contributed by atoms with E-state index in [1.807, 2.05) is 35.1 Å². The molecule has 1 aromatic heterocycles. The SMILES string of the molecule is COC(=O)CN(c1csc(-c2ccccc2)c1Br)S(=O)(=O)NC(=O)OC(C)(C)C. The van der Waals surface area contributed by atoms with Crippen molar-refractivity contribution >= 4 is 55.2 Å². The van der Waals surface area contributed by atoms with E-state index in [1.165, 1.54) is 11.3 Å². The van der Waals surface area contributed by atoms with E-state index in [0.29, 0.717) is 4.47 Å². The number of benzene rings is 1. The van der Waals surface area contributed by atoms with Crippen LogP contribution in [0.4, 0.5) is 10.5 Å². The highest BCUT2D eigenvalue weighted by molar-refractivity contribution is 9.10. The molecule has 0 saturated carbocycles. The number of methoxy groups -OCH3 is 1. The zero-order chi connectivity index (χ0) is 21.8. The molecular formula is C18H21BrN2O6S2. The third kappa shape index (κ3) is 6.18. The van der Waals surface area contributed by atoms with E-state index in [0.717, 1.165) is 21.9 Å². The van der Waals surface area contributed by atoms with Crippen molar-refractivity contribution in [2.75, 3.05) is 18.0 Å². The Morgan fingerprint density at radius 3 is 2.38 bits per heavy atom. The van der Waals surface area contributed by atoms with Crippen molar-refractivity contribution in [2.45, 2.75) is 26.4 Å². The smallest absolute Gasteiger partial charge is 0.422 e. The standard InChI is InChI=1S/C18H21BrN2O6S2/c1-18(2,3)27-17(23)20-29(24,25)21(10-14(22)26-4)13-11-28-16(15(13)19)12-8-6-5-7-9-12/h5-9,11H,10H2,1-4H3,(H,20,23). The number of carbonyl (C=O) groups is 2. The predicted molar refractivity (Wildman–Crippen MR) is 115 cm³/mol. The molecule has 0 aliphatic heterocycles. The van der Waals surface area contributed by atoms with Gasteiger partial charge in [-0.3, -0.25) is 4.79 Å². The van der Waals surface area contributed by atoms with Crippen LogP contribution in [0.1, 0.15) is 20.8 Å². The molecular weight excluding hydrogens is 484 g/mol. The van der Waals surface area contributed by atoms with E-state index < -0.39 is 34.4 Å². The van der Waals surface area contributed by atoms with Crippen LogP contribution in [0.15, 0.2) is 40.2 Å². The number of esters is 1. The molecule has 0 saturated heterocycles. The van der Waals surface area contributed by atoms with Gasteiger partial charge in [-0.2, -0.15) is 8.42 Å². The van der Waals surface area contributed by atoms with Crippen LogP contribution in [0.5, 0.6) is 0 Å². The Morgan fingerprint density at radius 2 is 1.83 bits per heavy atom. The van der Waals surface area contributed by atoms with Gasteiger partial charge in [-0.25, -0.2) is 13.8 Å². The lowest BCUT2D eigenvalue weighted by molar-refractivity contribution is -0.138. The molecule has 0 bridgehead atoms. The summed E-state index contributed by atoms with van der Waals surface area (Å²) in [5.41, 5.74) is 0.164. The van der Waals surface area contributed by atoms with Crippen molar-refractivity contribution in [1.82, 2.24) is 4.72 Å². The Balaban J connectivity index is 2.42. The third-order valence-electron chi connectivity index (χ3n) is 3.42. The molecule has 1 heterocycles. The number of hydrogen-bond donors (Lipinski definition) is 1. The monoisotopic (exact) mass is 504 g/mol. The summed E-state index contributed by atoms with van der Waals surface area (Å²) in [6.45, 7) is 4.19. The topological polar surface area (TPSA) is 102 Å². The quantitative estimate of drug-likeness (QED) is 0.597. The number of nitrogens with zero attached hydrogens (tertiary/aromatic N) is 1. The highest BCUT2D eigenvalue weighted by Crippen LogP contribution is 2.42. The van der Waals surface area contributed by atoms with Gasteiger partial charge in [0.1, 0.15) is 12.1 Å². The molecule has 2 aromatic rings. The van der Waals surface area contributed by atoms with Gasteiger partial charge in [-0.1, -0.05) is 30.3 Å². The average molecular weight is 505 g/mol. The molecule has 0 atom stereocenters. The summed E-state index contributed by atoms with van der Waals surface area (Å²) in [6.07, 6.45) is -1.15. The number of ether oxygens (including phenoxy) is 2. The summed E-state index contributed by atoms with van der Waals surface area (Å²) in [5, 5.41) is 1.57. The first-order valence-electron chi connectivity index (χ1n) is 8.37. The highest BCUT2D eigenvalue weighted by Gasteiger charge is 2.32. The van der Waals surface area contributed by atoms with Crippen LogP contribution < -0.4 is 9.03 Å². The lowest BCUT2D eigenvalue weighted by Crippen LogP contribution is -2.47. The maximum atomic E-state index is 12.9. The molecule has 0 fully saturated rings. The van der Waals surface area contributed by atoms with Crippen molar-refractivity contribution in [2.24, 2.45) is 0 Å². The molecule has 0 radical (unpaired) electrons. The van der Waals surface area contributed by atoms with Gasteiger partial charge in [-0.05, 0) is 42.3 Å². The van der Waals surface area contributed by atoms with E-state index in [2.05, 4.69) is 20.7 Å². The number of halogens is 1. The van der Waals surface area contributed by atoms with Gasteiger partial charge in [-0.15, -0.1) is 11.3 Å². The largest absolute Gasteiger partial charge is 0.468 e. The fourth-order valence-corrected chi connectivity index (χ4v) is 5.40. The van der Waals surface area contributed by atoms with Gasteiger partial charge in [0, 0.05) is 5.38 Å². The number of hydrogen-bond acceptors (Lipinski definition) is 7. The van der Waals surface area contributed by atoms with Crippen LogP contribution in [-0.2, 0) is 24.5 Å². The van der Waals surface area contributed by atoms with Gasteiger partial charge < -0.3 is 9.47 Å². The number of rotatable bonds is 6. The maximum absolute atomic E-state index is 12.9. The van der Waals surface area contributed by atoms with Crippen LogP contribution in [0.2, 0.25) is 0 Å². The molecule has 0 unspecified atom stereocenters. The molecule has 0 aliphatic carbocycles. The minimum atomic E-state index is -4.46. The normalized spacial score (nSPS) is 11.6. The number of thiophene rings is 1. The Morgan fingerprint density at radius 1 is 1.21 bits per heavy atom. The number of carbonyl (C=O) groups excluding carboxylic acids is 2. The Kier molecular flexibility index (Phi) is 7.30. The minimum Gasteiger partial charge on any atom is -0.468 e. The molecule has 1 amide bonds. The van der Waals surface area contributed by atoms with Gasteiger partial charge in [0.15, 0.2) is 0 Å². The van der Waals surface area contributed by atoms with Gasteiger partial charge in [0.2, 0.25) is 0 Å². The zero-order valence-corrected chi connectivity index (χ0v) is 19.5. The molecule has 158 valence electrons. The van der Waals surface area contributed by atoms with Crippen molar-refractivity contribution in [3.05, 3.63) is 40.2 Å². The Hall–Kier alpha value is -2.11. The summed E-state index contributed by atoms with van der Waals surface area (Å²) in [7, 11) is -3.31. The summed E-state index contributed by atoms with van der Waals surface area (Å²) in [5.74, 6) is -0.793. The van der Waals surface area contributed by atoms with Crippen LogP contribution in [0, 0.1) is 0 Å².